The number of thiophene rings is 1. The van der Waals surface area contributed by atoms with Gasteiger partial charge in [0.1, 0.15) is 0 Å². The lowest BCUT2D eigenvalue weighted by molar-refractivity contribution is 0.0720. The number of amides is 1. The van der Waals surface area contributed by atoms with Crippen molar-refractivity contribution >= 4 is 27.3 Å². The van der Waals surface area contributed by atoms with Crippen LogP contribution in [0.2, 0.25) is 0 Å². The first-order valence-electron chi connectivity index (χ1n) is 6.60. The highest BCUT2D eigenvalue weighted by Crippen LogP contribution is 2.27. The first kappa shape index (κ1) is 13.0. The van der Waals surface area contributed by atoms with E-state index in [4.69, 9.17) is 5.53 Å². The number of hydrogen-bond acceptors (Lipinski definition) is 3. The summed E-state index contributed by atoms with van der Waals surface area (Å²) in [6.45, 7) is 1.33. The lowest BCUT2D eigenvalue weighted by Gasteiger charge is -2.29. The van der Waals surface area contributed by atoms with Gasteiger partial charge in [0.05, 0.1) is 4.88 Å². The zero-order chi connectivity index (χ0) is 13.9. The highest BCUT2D eigenvalue weighted by molar-refractivity contribution is 7.20. The third kappa shape index (κ3) is 2.48. The van der Waals surface area contributed by atoms with Crippen LogP contribution in [0, 0.1) is 0 Å². The summed E-state index contributed by atoms with van der Waals surface area (Å²) in [6.07, 6.45) is 1.50. The summed E-state index contributed by atoms with van der Waals surface area (Å²) in [5, 5.41) is 4.85. The number of fused-ring (bicyclic) bond motifs is 1. The Hall–Kier alpha value is -2.04. The largest absolute Gasteiger partial charge is 0.338 e. The topological polar surface area (TPSA) is 69.1 Å². The highest BCUT2D eigenvalue weighted by atomic mass is 32.1. The fourth-order valence-corrected chi connectivity index (χ4v) is 3.53. The number of carbonyl (C=O) groups is 1. The Morgan fingerprint density at radius 3 is 2.80 bits per heavy atom. The molecule has 2 aromatic rings. The van der Waals surface area contributed by atoms with Crippen LogP contribution in [0.4, 0.5) is 0 Å². The molecular formula is C14H14N4OS. The molecule has 102 valence electrons. The SMILES string of the molecule is [N-]=[N+]=NC1CCN(C(=O)c2cc3ccccc3s2)CC1. The first-order chi connectivity index (χ1) is 9.78. The van der Waals surface area contributed by atoms with Crippen LogP contribution in [0.5, 0.6) is 0 Å². The van der Waals surface area contributed by atoms with Gasteiger partial charge >= 0.3 is 0 Å². The predicted octanol–water partition coefficient (Wildman–Crippen LogP) is 3.82. The van der Waals surface area contributed by atoms with Crippen molar-refractivity contribution in [3.63, 3.8) is 0 Å². The van der Waals surface area contributed by atoms with Crippen LogP contribution in [0.25, 0.3) is 20.5 Å². The summed E-state index contributed by atoms with van der Waals surface area (Å²) < 4.78 is 1.14. The summed E-state index contributed by atoms with van der Waals surface area (Å²) in [6, 6.07) is 10.0. The maximum absolute atomic E-state index is 12.5. The van der Waals surface area contributed by atoms with E-state index in [0.717, 1.165) is 27.8 Å². The summed E-state index contributed by atoms with van der Waals surface area (Å²) in [7, 11) is 0. The standard InChI is InChI=1S/C14H14N4OS/c15-17-16-11-5-7-18(8-6-11)14(19)13-9-10-3-1-2-4-12(10)20-13/h1-4,9,11H,5-8H2. The summed E-state index contributed by atoms with van der Waals surface area (Å²) in [5.41, 5.74) is 8.43. The third-order valence-corrected chi connectivity index (χ3v) is 4.71. The molecule has 0 N–H and O–H groups in total. The minimum absolute atomic E-state index is 0.0338. The summed E-state index contributed by atoms with van der Waals surface area (Å²) in [4.78, 5) is 17.9. The van der Waals surface area contributed by atoms with Crippen molar-refractivity contribution in [3.8, 4) is 0 Å². The molecule has 0 radical (unpaired) electrons. The fraction of sp³-hybridized carbons (Fsp3) is 0.357. The van der Waals surface area contributed by atoms with Crippen molar-refractivity contribution in [2.75, 3.05) is 13.1 Å². The van der Waals surface area contributed by atoms with E-state index in [2.05, 4.69) is 10.0 Å². The Balaban J connectivity index is 1.74. The number of nitrogens with zero attached hydrogens (tertiary/aromatic N) is 4. The van der Waals surface area contributed by atoms with E-state index in [0.29, 0.717) is 13.1 Å². The zero-order valence-electron chi connectivity index (χ0n) is 10.9. The van der Waals surface area contributed by atoms with E-state index in [1.807, 2.05) is 35.2 Å². The molecule has 6 heteroatoms. The first-order valence-corrected chi connectivity index (χ1v) is 7.41. The van der Waals surface area contributed by atoms with Crippen LogP contribution in [-0.2, 0) is 0 Å². The van der Waals surface area contributed by atoms with Gasteiger partial charge < -0.3 is 4.90 Å². The van der Waals surface area contributed by atoms with Crippen LogP contribution < -0.4 is 0 Å². The number of hydrogen-bond donors (Lipinski definition) is 0. The van der Waals surface area contributed by atoms with E-state index in [1.54, 1.807) is 0 Å². The Morgan fingerprint density at radius 2 is 2.10 bits per heavy atom. The number of azide groups is 1. The summed E-state index contributed by atoms with van der Waals surface area (Å²) >= 11 is 1.54. The van der Waals surface area contributed by atoms with Gasteiger partial charge in [-0.25, -0.2) is 0 Å². The molecule has 0 saturated carbocycles. The molecule has 1 aliphatic rings. The second-order valence-corrected chi connectivity index (χ2v) is 5.96. The molecule has 1 aliphatic heterocycles. The van der Waals surface area contributed by atoms with Crippen molar-refractivity contribution < 1.29 is 4.79 Å². The van der Waals surface area contributed by atoms with E-state index < -0.39 is 0 Å². The van der Waals surface area contributed by atoms with Gasteiger partial charge in [-0.05, 0) is 35.9 Å². The Kier molecular flexibility index (Phi) is 3.58. The van der Waals surface area contributed by atoms with Gasteiger partial charge in [-0.2, -0.15) is 0 Å². The van der Waals surface area contributed by atoms with Crippen molar-refractivity contribution in [3.05, 3.63) is 45.7 Å². The molecule has 20 heavy (non-hydrogen) atoms. The van der Waals surface area contributed by atoms with Gasteiger partial charge in [-0.3, -0.25) is 4.79 Å². The Morgan fingerprint density at radius 1 is 1.35 bits per heavy atom. The van der Waals surface area contributed by atoms with Gasteiger partial charge in [-0.1, -0.05) is 23.3 Å². The Labute approximate surface area is 120 Å². The maximum Gasteiger partial charge on any atom is 0.263 e. The predicted molar refractivity (Wildman–Crippen MR) is 79.9 cm³/mol. The quantitative estimate of drug-likeness (QED) is 0.470. The molecule has 1 fully saturated rings. The molecule has 1 amide bonds. The van der Waals surface area contributed by atoms with Gasteiger partial charge in [0, 0.05) is 28.7 Å². The molecule has 0 unspecified atom stereocenters. The van der Waals surface area contributed by atoms with Crippen LogP contribution >= 0.6 is 11.3 Å². The van der Waals surface area contributed by atoms with Crippen LogP contribution in [0.1, 0.15) is 22.5 Å². The molecule has 1 aromatic heterocycles. The number of benzene rings is 1. The Bertz CT molecular complexity index is 648. The third-order valence-electron chi connectivity index (χ3n) is 3.60. The van der Waals surface area contributed by atoms with E-state index >= 15 is 0 Å². The molecule has 3 rings (SSSR count). The van der Waals surface area contributed by atoms with Crippen molar-refractivity contribution in [2.45, 2.75) is 18.9 Å². The van der Waals surface area contributed by atoms with Crippen molar-refractivity contribution in [2.24, 2.45) is 5.11 Å². The minimum Gasteiger partial charge on any atom is -0.338 e. The van der Waals surface area contributed by atoms with Crippen LogP contribution in [-0.4, -0.2) is 29.9 Å². The van der Waals surface area contributed by atoms with Gasteiger partial charge in [-0.15, -0.1) is 11.3 Å². The normalized spacial score (nSPS) is 16.1. The number of rotatable bonds is 2. The molecule has 0 aliphatic carbocycles. The van der Waals surface area contributed by atoms with E-state index in [1.165, 1.54) is 11.3 Å². The smallest absolute Gasteiger partial charge is 0.263 e. The molecule has 1 aromatic carbocycles. The molecule has 0 spiro atoms. The van der Waals surface area contributed by atoms with Gasteiger partial charge in [0.2, 0.25) is 0 Å². The number of likely N-dealkylation sites (tertiary alicyclic amines) is 1. The fourth-order valence-electron chi connectivity index (χ4n) is 2.50. The van der Waals surface area contributed by atoms with Gasteiger partial charge in [0.15, 0.2) is 0 Å². The highest BCUT2D eigenvalue weighted by Gasteiger charge is 2.24. The maximum atomic E-state index is 12.5. The molecule has 0 atom stereocenters. The monoisotopic (exact) mass is 286 g/mol. The minimum atomic E-state index is 0.0338. The second kappa shape index (κ2) is 5.53. The van der Waals surface area contributed by atoms with Gasteiger partial charge in [0.25, 0.3) is 5.91 Å². The van der Waals surface area contributed by atoms with Crippen molar-refractivity contribution in [1.29, 1.82) is 0 Å². The molecule has 2 heterocycles. The molecule has 1 saturated heterocycles. The van der Waals surface area contributed by atoms with Crippen LogP contribution in [0.15, 0.2) is 35.4 Å². The van der Waals surface area contributed by atoms with Crippen molar-refractivity contribution in [1.82, 2.24) is 4.90 Å². The van der Waals surface area contributed by atoms with E-state index in [9.17, 15) is 4.79 Å². The summed E-state index contributed by atoms with van der Waals surface area (Å²) in [5.74, 6) is 0.0885. The lowest BCUT2D eigenvalue weighted by atomic mass is 10.1. The molecular weight excluding hydrogens is 272 g/mol. The van der Waals surface area contributed by atoms with E-state index in [-0.39, 0.29) is 11.9 Å². The second-order valence-electron chi connectivity index (χ2n) is 4.88. The van der Waals surface area contributed by atoms with Crippen LogP contribution in [0.3, 0.4) is 0 Å². The molecule has 5 nitrogen and oxygen atoms in total. The number of carbonyl (C=O) groups excluding carboxylic acids is 1. The number of piperidine rings is 1. The molecule has 0 bridgehead atoms. The average molecular weight is 286 g/mol. The lowest BCUT2D eigenvalue weighted by Crippen LogP contribution is -2.39. The average Bonchev–Trinajstić information content (AvgIpc) is 2.91. The zero-order valence-corrected chi connectivity index (χ0v) is 11.7.